The van der Waals surface area contributed by atoms with Crippen molar-refractivity contribution in [3.63, 3.8) is 0 Å². The number of nitrogens with one attached hydrogen (secondary N) is 1. The molecule has 2 aliphatic heterocycles. The molecule has 0 radical (unpaired) electrons. The smallest absolute Gasteiger partial charge is 0.407 e. The lowest BCUT2D eigenvalue weighted by atomic mass is 9.98. The molecule has 212 valence electrons. The zero-order chi connectivity index (χ0) is 29.1. The summed E-state index contributed by atoms with van der Waals surface area (Å²) in [6, 6.07) is 14.1. The third-order valence-electron chi connectivity index (χ3n) is 7.08. The van der Waals surface area contributed by atoms with Crippen molar-refractivity contribution in [3.8, 4) is 11.1 Å². The molecule has 0 aromatic heterocycles. The average Bonchev–Trinajstić information content (AvgIpc) is 3.58. The van der Waals surface area contributed by atoms with Crippen molar-refractivity contribution in [2.24, 2.45) is 0 Å². The maximum atomic E-state index is 12.9. The lowest BCUT2D eigenvalue weighted by Gasteiger charge is -2.21. The molecular formula is C29H27N3O9. The van der Waals surface area contributed by atoms with Crippen LogP contribution in [0.25, 0.3) is 11.1 Å². The van der Waals surface area contributed by atoms with Crippen LogP contribution in [0.4, 0.5) is 4.79 Å². The fraction of sp³-hybridized carbons (Fsp3) is 0.310. The number of benzene rings is 2. The van der Waals surface area contributed by atoms with Gasteiger partial charge in [-0.05, 0) is 35.1 Å². The Hall–Kier alpha value is -5.00. The third kappa shape index (κ3) is 5.81. The van der Waals surface area contributed by atoms with Crippen molar-refractivity contribution < 1.29 is 43.2 Å². The predicted molar refractivity (Wildman–Crippen MR) is 140 cm³/mol. The summed E-state index contributed by atoms with van der Waals surface area (Å²) < 4.78 is 5.49. The Labute approximate surface area is 234 Å². The van der Waals surface area contributed by atoms with E-state index in [-0.39, 0.29) is 38.2 Å². The van der Waals surface area contributed by atoms with Gasteiger partial charge in [0.05, 0.1) is 12.1 Å². The minimum absolute atomic E-state index is 0.0358. The average molecular weight is 562 g/mol. The van der Waals surface area contributed by atoms with Crippen molar-refractivity contribution >= 4 is 35.8 Å². The number of nitrogens with zero attached hydrogens (tertiary/aromatic N) is 2. The van der Waals surface area contributed by atoms with E-state index in [0.29, 0.717) is 17.2 Å². The predicted octanol–water partition coefficient (Wildman–Crippen LogP) is 2.88. The summed E-state index contributed by atoms with van der Waals surface area (Å²) >= 11 is 0. The van der Waals surface area contributed by atoms with Crippen LogP contribution in [0.2, 0.25) is 0 Å². The molecule has 2 aromatic carbocycles. The molecule has 0 saturated carbocycles. The van der Waals surface area contributed by atoms with Gasteiger partial charge >= 0.3 is 18.0 Å². The van der Waals surface area contributed by atoms with Gasteiger partial charge in [-0.15, -0.1) is 10.1 Å². The Bertz CT molecular complexity index is 1380. The van der Waals surface area contributed by atoms with Crippen LogP contribution in [0.15, 0.2) is 60.8 Å². The monoisotopic (exact) mass is 561 g/mol. The molecule has 2 aromatic rings. The van der Waals surface area contributed by atoms with E-state index in [1.165, 1.54) is 0 Å². The molecule has 1 aliphatic carbocycles. The number of carbonyl (C=O) groups excluding carboxylic acids is 6. The van der Waals surface area contributed by atoms with Gasteiger partial charge in [-0.1, -0.05) is 55.1 Å². The summed E-state index contributed by atoms with van der Waals surface area (Å²) in [6.45, 7) is 3.63. The number of hydroxylamine groups is 4. The van der Waals surface area contributed by atoms with Crippen LogP contribution >= 0.6 is 0 Å². The van der Waals surface area contributed by atoms with Crippen LogP contribution in [-0.2, 0) is 38.4 Å². The Morgan fingerprint density at radius 3 is 1.98 bits per heavy atom. The maximum absolute atomic E-state index is 12.9. The molecule has 12 heteroatoms. The van der Waals surface area contributed by atoms with Gasteiger partial charge in [-0.25, -0.2) is 14.4 Å². The van der Waals surface area contributed by atoms with Gasteiger partial charge in [-0.3, -0.25) is 14.4 Å². The molecule has 12 nitrogen and oxygen atoms in total. The van der Waals surface area contributed by atoms with E-state index in [4.69, 9.17) is 14.4 Å². The zero-order valence-electron chi connectivity index (χ0n) is 22.0. The number of carbonyl (C=O) groups is 6. The first-order valence-electron chi connectivity index (χ1n) is 13.1. The molecule has 4 amide bonds. The lowest BCUT2D eigenvalue weighted by Crippen LogP contribution is -2.46. The molecule has 0 spiro atoms. The first kappa shape index (κ1) is 27.6. The van der Waals surface area contributed by atoms with Gasteiger partial charge in [0.15, 0.2) is 0 Å². The number of amides is 4. The number of allylic oxidation sites excluding steroid dienone is 1. The summed E-state index contributed by atoms with van der Waals surface area (Å²) in [6.07, 6.45) is -1.43. The molecule has 1 atom stereocenters. The standard InChI is InChI=1S/C29H27N3O9/c1-17-10-12-24(33)31(17)40-27(36)15-11-23(28(37)41-32-25(34)13-14-26(32)35)30-29(38)39-16-22-20-8-4-2-6-18(20)19-7-3-5-9-21(19)22/h2-9,22-23H,1,10-16H2,(H,30,38). The van der Waals surface area contributed by atoms with Crippen LogP contribution in [0.1, 0.15) is 55.6 Å². The second kappa shape index (κ2) is 11.6. The van der Waals surface area contributed by atoms with Crippen LogP contribution in [-0.4, -0.2) is 58.5 Å². The van der Waals surface area contributed by atoms with Gasteiger partial charge < -0.3 is 19.7 Å². The van der Waals surface area contributed by atoms with E-state index in [0.717, 1.165) is 27.3 Å². The topological polar surface area (TPSA) is 149 Å². The van der Waals surface area contributed by atoms with E-state index in [9.17, 15) is 28.8 Å². The summed E-state index contributed by atoms with van der Waals surface area (Å²) in [4.78, 5) is 83.9. The summed E-state index contributed by atoms with van der Waals surface area (Å²) in [5.41, 5.74) is 4.38. The normalized spacial score (nSPS) is 16.9. The maximum Gasteiger partial charge on any atom is 0.407 e. The van der Waals surface area contributed by atoms with E-state index < -0.39 is 48.2 Å². The largest absolute Gasteiger partial charge is 0.449 e. The SMILES string of the molecule is C=C1CCC(=O)N1OC(=O)CCC(NC(=O)OCC1c2ccccc2-c2ccccc21)C(=O)ON1C(=O)CCC1=O. The number of imide groups is 1. The number of rotatable bonds is 9. The minimum Gasteiger partial charge on any atom is -0.449 e. The Morgan fingerprint density at radius 1 is 0.829 bits per heavy atom. The molecule has 1 unspecified atom stereocenters. The van der Waals surface area contributed by atoms with Crippen molar-refractivity contribution in [3.05, 3.63) is 71.9 Å². The van der Waals surface area contributed by atoms with Crippen molar-refractivity contribution in [1.82, 2.24) is 15.4 Å². The second-order valence-electron chi connectivity index (χ2n) is 9.77. The fourth-order valence-electron chi connectivity index (χ4n) is 5.00. The van der Waals surface area contributed by atoms with Gasteiger partial charge in [-0.2, -0.15) is 0 Å². The summed E-state index contributed by atoms with van der Waals surface area (Å²) in [7, 11) is 0. The number of hydrogen-bond donors (Lipinski definition) is 1. The van der Waals surface area contributed by atoms with Crippen LogP contribution in [0.3, 0.4) is 0 Å². The van der Waals surface area contributed by atoms with Crippen molar-refractivity contribution in [2.75, 3.05) is 6.61 Å². The number of hydrogen-bond acceptors (Lipinski definition) is 9. The molecular weight excluding hydrogens is 534 g/mol. The van der Waals surface area contributed by atoms with E-state index in [2.05, 4.69) is 11.9 Å². The van der Waals surface area contributed by atoms with Gasteiger partial charge in [0.2, 0.25) is 0 Å². The van der Waals surface area contributed by atoms with Gasteiger partial charge in [0, 0.05) is 25.2 Å². The van der Waals surface area contributed by atoms with Crippen LogP contribution < -0.4 is 5.32 Å². The van der Waals surface area contributed by atoms with Gasteiger partial charge in [0.25, 0.3) is 17.7 Å². The first-order valence-corrected chi connectivity index (χ1v) is 13.1. The molecule has 3 aliphatic rings. The van der Waals surface area contributed by atoms with E-state index in [1.54, 1.807) is 0 Å². The van der Waals surface area contributed by atoms with E-state index in [1.807, 2.05) is 48.5 Å². The summed E-state index contributed by atoms with van der Waals surface area (Å²) in [5, 5.41) is 3.52. The van der Waals surface area contributed by atoms with Crippen molar-refractivity contribution in [2.45, 2.75) is 50.5 Å². The van der Waals surface area contributed by atoms with Gasteiger partial charge in [0.1, 0.15) is 12.6 Å². The fourth-order valence-corrected chi connectivity index (χ4v) is 5.00. The van der Waals surface area contributed by atoms with Crippen LogP contribution in [0, 0.1) is 0 Å². The van der Waals surface area contributed by atoms with E-state index >= 15 is 0 Å². The molecule has 5 rings (SSSR count). The Kier molecular flexibility index (Phi) is 7.81. The summed E-state index contributed by atoms with van der Waals surface area (Å²) in [5.74, 6) is -4.07. The molecule has 1 N–H and O–H groups in total. The van der Waals surface area contributed by atoms with Crippen molar-refractivity contribution in [1.29, 1.82) is 0 Å². The molecule has 0 bridgehead atoms. The highest BCUT2D eigenvalue weighted by atomic mass is 16.7. The second-order valence-corrected chi connectivity index (χ2v) is 9.77. The lowest BCUT2D eigenvalue weighted by molar-refractivity contribution is -0.199. The molecule has 41 heavy (non-hydrogen) atoms. The Morgan fingerprint density at radius 2 is 1.39 bits per heavy atom. The zero-order valence-corrected chi connectivity index (χ0v) is 22.0. The Balaban J connectivity index is 1.24. The number of ether oxygens (including phenoxy) is 1. The minimum atomic E-state index is -1.48. The number of alkyl carbamates (subject to hydrolysis) is 1. The highest BCUT2D eigenvalue weighted by molar-refractivity contribution is 6.02. The quantitative estimate of drug-likeness (QED) is 0.456. The highest BCUT2D eigenvalue weighted by Gasteiger charge is 2.37. The molecule has 2 fully saturated rings. The highest BCUT2D eigenvalue weighted by Crippen LogP contribution is 2.44. The third-order valence-corrected chi connectivity index (χ3v) is 7.08. The number of fused-ring (bicyclic) bond motifs is 3. The molecule has 2 saturated heterocycles. The van der Waals surface area contributed by atoms with Crippen LogP contribution in [0.5, 0.6) is 0 Å². The first-order chi connectivity index (χ1) is 19.7. The molecule has 2 heterocycles.